The highest BCUT2D eigenvalue weighted by Crippen LogP contribution is 2.14. The standard InChI is InChI=1S/C13H20N4O2/c1-13(2,3)19-12(18)17-7-8-4-5-9(11(15)16)10(14)6-8/h4-6H,7,14H2,1-3H3,(H3,15,16)(H,17,18). The highest BCUT2D eigenvalue weighted by molar-refractivity contribution is 5.99. The highest BCUT2D eigenvalue weighted by Gasteiger charge is 2.15. The number of alkyl carbamates (subject to hydrolysis) is 1. The van der Waals surface area contributed by atoms with E-state index in [1.807, 2.05) is 0 Å². The van der Waals surface area contributed by atoms with Crippen LogP contribution in [0.5, 0.6) is 0 Å². The van der Waals surface area contributed by atoms with Gasteiger partial charge in [0.1, 0.15) is 11.4 Å². The molecule has 0 aliphatic carbocycles. The van der Waals surface area contributed by atoms with E-state index in [2.05, 4.69) is 5.32 Å². The van der Waals surface area contributed by atoms with E-state index in [-0.39, 0.29) is 5.84 Å². The number of nitrogens with one attached hydrogen (secondary N) is 2. The lowest BCUT2D eigenvalue weighted by Gasteiger charge is -2.19. The van der Waals surface area contributed by atoms with Gasteiger partial charge in [-0.15, -0.1) is 0 Å². The molecule has 0 fully saturated rings. The summed E-state index contributed by atoms with van der Waals surface area (Å²) in [6, 6.07) is 5.09. The van der Waals surface area contributed by atoms with Gasteiger partial charge in [0.25, 0.3) is 0 Å². The average Bonchev–Trinajstić information content (AvgIpc) is 2.23. The molecule has 0 aromatic heterocycles. The Labute approximate surface area is 112 Å². The van der Waals surface area contributed by atoms with E-state index >= 15 is 0 Å². The Morgan fingerprint density at radius 2 is 2.05 bits per heavy atom. The fourth-order valence-corrected chi connectivity index (χ4v) is 1.46. The molecule has 0 heterocycles. The molecule has 1 aromatic rings. The summed E-state index contributed by atoms with van der Waals surface area (Å²) in [5.41, 5.74) is 12.3. The minimum atomic E-state index is -0.526. The van der Waals surface area contributed by atoms with E-state index < -0.39 is 11.7 Å². The second-order valence-corrected chi connectivity index (χ2v) is 5.19. The minimum Gasteiger partial charge on any atom is -0.444 e. The van der Waals surface area contributed by atoms with Crippen molar-refractivity contribution >= 4 is 17.6 Å². The summed E-state index contributed by atoms with van der Waals surface area (Å²) in [4.78, 5) is 11.5. The first-order valence-electron chi connectivity index (χ1n) is 5.88. The van der Waals surface area contributed by atoms with E-state index in [0.717, 1.165) is 5.56 Å². The number of rotatable bonds is 3. The van der Waals surface area contributed by atoms with Crippen LogP contribution in [0.3, 0.4) is 0 Å². The molecule has 6 heteroatoms. The van der Waals surface area contributed by atoms with E-state index in [1.165, 1.54) is 0 Å². The lowest BCUT2D eigenvalue weighted by Crippen LogP contribution is -2.32. The molecule has 0 saturated carbocycles. The van der Waals surface area contributed by atoms with Crippen molar-refractivity contribution in [3.05, 3.63) is 29.3 Å². The Hall–Kier alpha value is -2.24. The van der Waals surface area contributed by atoms with Gasteiger partial charge >= 0.3 is 6.09 Å². The van der Waals surface area contributed by atoms with Crippen molar-refractivity contribution in [1.29, 1.82) is 5.41 Å². The van der Waals surface area contributed by atoms with Gasteiger partial charge in [-0.05, 0) is 38.5 Å². The van der Waals surface area contributed by atoms with Gasteiger partial charge in [-0.1, -0.05) is 6.07 Å². The van der Waals surface area contributed by atoms with Crippen LogP contribution >= 0.6 is 0 Å². The molecule has 104 valence electrons. The van der Waals surface area contributed by atoms with Crippen LogP contribution in [0.4, 0.5) is 10.5 Å². The molecule has 1 amide bonds. The van der Waals surface area contributed by atoms with Crippen LogP contribution in [0.15, 0.2) is 18.2 Å². The molecule has 0 unspecified atom stereocenters. The fraction of sp³-hybridized carbons (Fsp3) is 0.385. The quantitative estimate of drug-likeness (QED) is 0.377. The number of nitrogens with two attached hydrogens (primary N) is 2. The molecule has 6 N–H and O–H groups in total. The maximum Gasteiger partial charge on any atom is 0.407 e. The van der Waals surface area contributed by atoms with Crippen LogP contribution in [-0.2, 0) is 11.3 Å². The lowest BCUT2D eigenvalue weighted by molar-refractivity contribution is 0.0523. The number of nitrogen functional groups attached to an aromatic ring is 2. The van der Waals surface area contributed by atoms with E-state index in [9.17, 15) is 4.79 Å². The van der Waals surface area contributed by atoms with Gasteiger partial charge in [-0.2, -0.15) is 0 Å². The zero-order valence-electron chi connectivity index (χ0n) is 11.4. The van der Waals surface area contributed by atoms with Gasteiger partial charge in [0, 0.05) is 17.8 Å². The van der Waals surface area contributed by atoms with Gasteiger partial charge in [0.15, 0.2) is 0 Å². The second-order valence-electron chi connectivity index (χ2n) is 5.19. The van der Waals surface area contributed by atoms with Crippen molar-refractivity contribution < 1.29 is 9.53 Å². The predicted molar refractivity (Wildman–Crippen MR) is 74.9 cm³/mol. The average molecular weight is 264 g/mol. The predicted octanol–water partition coefficient (Wildman–Crippen LogP) is 1.58. The number of carbonyl (C=O) groups is 1. The van der Waals surface area contributed by atoms with Crippen LogP contribution < -0.4 is 16.8 Å². The molecule has 19 heavy (non-hydrogen) atoms. The van der Waals surface area contributed by atoms with Crippen molar-refractivity contribution in [1.82, 2.24) is 5.32 Å². The summed E-state index contributed by atoms with van der Waals surface area (Å²) in [5.74, 6) is -0.0795. The molecule has 0 aliphatic rings. The monoisotopic (exact) mass is 264 g/mol. The Bertz CT molecular complexity index is 492. The fourth-order valence-electron chi connectivity index (χ4n) is 1.46. The maximum atomic E-state index is 11.5. The molecule has 6 nitrogen and oxygen atoms in total. The first-order chi connectivity index (χ1) is 8.69. The van der Waals surface area contributed by atoms with Crippen LogP contribution in [0, 0.1) is 5.41 Å². The summed E-state index contributed by atoms with van der Waals surface area (Å²) in [6.07, 6.45) is -0.485. The number of hydrogen-bond acceptors (Lipinski definition) is 4. The van der Waals surface area contributed by atoms with E-state index in [1.54, 1.807) is 39.0 Å². The normalized spacial score (nSPS) is 10.9. The van der Waals surface area contributed by atoms with Crippen molar-refractivity contribution in [2.75, 3.05) is 5.73 Å². The number of amidine groups is 1. The molecular formula is C13H20N4O2. The van der Waals surface area contributed by atoms with Crippen LogP contribution in [0.2, 0.25) is 0 Å². The molecule has 1 rings (SSSR count). The SMILES string of the molecule is CC(C)(C)OC(=O)NCc1ccc(C(=N)N)c(N)c1. The third-order valence-corrected chi connectivity index (χ3v) is 2.24. The van der Waals surface area contributed by atoms with Gasteiger partial charge < -0.3 is 21.5 Å². The largest absolute Gasteiger partial charge is 0.444 e. The molecular weight excluding hydrogens is 244 g/mol. The first-order valence-corrected chi connectivity index (χ1v) is 5.88. The zero-order valence-corrected chi connectivity index (χ0v) is 11.4. The van der Waals surface area contributed by atoms with Gasteiger partial charge in [0.2, 0.25) is 0 Å². The minimum absolute atomic E-state index is 0.0795. The van der Waals surface area contributed by atoms with E-state index in [4.69, 9.17) is 21.6 Å². The van der Waals surface area contributed by atoms with Crippen molar-refractivity contribution in [3.8, 4) is 0 Å². The Morgan fingerprint density at radius 3 is 2.53 bits per heavy atom. The summed E-state index contributed by atoms with van der Waals surface area (Å²) < 4.78 is 5.12. The van der Waals surface area contributed by atoms with Gasteiger partial charge in [-0.3, -0.25) is 5.41 Å². The topological polar surface area (TPSA) is 114 Å². The summed E-state index contributed by atoms with van der Waals surface area (Å²) >= 11 is 0. The number of anilines is 1. The van der Waals surface area contributed by atoms with Crippen LogP contribution in [0.25, 0.3) is 0 Å². The highest BCUT2D eigenvalue weighted by atomic mass is 16.6. The summed E-state index contributed by atoms with van der Waals surface area (Å²) in [6.45, 7) is 5.70. The van der Waals surface area contributed by atoms with Crippen molar-refractivity contribution in [2.45, 2.75) is 32.9 Å². The van der Waals surface area contributed by atoms with Crippen LogP contribution in [-0.4, -0.2) is 17.5 Å². The third kappa shape index (κ3) is 4.87. The number of hydrogen-bond donors (Lipinski definition) is 4. The number of amides is 1. The molecule has 0 radical (unpaired) electrons. The van der Waals surface area contributed by atoms with Gasteiger partial charge in [-0.25, -0.2) is 4.79 Å². The molecule has 0 bridgehead atoms. The van der Waals surface area contributed by atoms with E-state index in [0.29, 0.717) is 17.8 Å². The van der Waals surface area contributed by atoms with Crippen molar-refractivity contribution in [3.63, 3.8) is 0 Å². The second kappa shape index (κ2) is 5.60. The Morgan fingerprint density at radius 1 is 1.42 bits per heavy atom. The maximum absolute atomic E-state index is 11.5. The number of ether oxygens (including phenoxy) is 1. The molecule has 0 saturated heterocycles. The summed E-state index contributed by atoms with van der Waals surface area (Å²) in [5, 5.41) is 9.95. The molecule has 1 aromatic carbocycles. The molecule has 0 aliphatic heterocycles. The molecule has 0 atom stereocenters. The molecule has 0 spiro atoms. The van der Waals surface area contributed by atoms with Crippen LogP contribution in [0.1, 0.15) is 31.9 Å². The number of carbonyl (C=O) groups excluding carboxylic acids is 1. The first kappa shape index (κ1) is 14.8. The Kier molecular flexibility index (Phi) is 4.37. The zero-order chi connectivity index (χ0) is 14.6. The third-order valence-electron chi connectivity index (χ3n) is 2.24. The summed E-state index contributed by atoms with van der Waals surface area (Å²) in [7, 11) is 0. The van der Waals surface area contributed by atoms with Crippen molar-refractivity contribution in [2.24, 2.45) is 5.73 Å². The number of benzene rings is 1. The lowest BCUT2D eigenvalue weighted by atomic mass is 10.1. The van der Waals surface area contributed by atoms with Gasteiger partial charge in [0.05, 0.1) is 0 Å². The smallest absolute Gasteiger partial charge is 0.407 e. The Balaban J connectivity index is 2.62.